The smallest absolute Gasteiger partial charge is 0.335 e. The molecule has 0 fully saturated rings. The van der Waals surface area contributed by atoms with E-state index in [0.717, 1.165) is 11.8 Å². The highest BCUT2D eigenvalue weighted by Crippen LogP contribution is 2.52. The zero-order valence-electron chi connectivity index (χ0n) is 19.8. The maximum absolute atomic E-state index is 15.4. The molecule has 1 atom stereocenters. The number of carboxylic acid groups (broad SMARTS) is 1. The summed E-state index contributed by atoms with van der Waals surface area (Å²) in [4.78, 5) is 11.4. The summed E-state index contributed by atoms with van der Waals surface area (Å²) in [6, 6.07) is 13.8. The molecular formula is C28H25F2NO4. The van der Waals surface area contributed by atoms with Gasteiger partial charge in [-0.05, 0) is 55.8 Å². The number of carbonyl (C=O) groups is 1. The lowest BCUT2D eigenvalue weighted by Crippen LogP contribution is -2.43. The highest BCUT2D eigenvalue weighted by atomic mass is 19.1. The Labute approximate surface area is 201 Å². The summed E-state index contributed by atoms with van der Waals surface area (Å²) >= 11 is 0. The summed E-state index contributed by atoms with van der Waals surface area (Å²) in [7, 11) is 0. The molecule has 0 radical (unpaired) electrons. The molecule has 7 heteroatoms. The van der Waals surface area contributed by atoms with Crippen LogP contribution < -0.4 is 0 Å². The Bertz CT molecular complexity index is 1520. The summed E-state index contributed by atoms with van der Waals surface area (Å²) in [6.07, 6.45) is 0. The minimum atomic E-state index is -1.35. The van der Waals surface area contributed by atoms with Gasteiger partial charge in [0, 0.05) is 33.3 Å². The average molecular weight is 478 g/mol. The van der Waals surface area contributed by atoms with Crippen molar-refractivity contribution in [2.24, 2.45) is 0 Å². The molecule has 1 aliphatic rings. The molecule has 0 spiro atoms. The van der Waals surface area contributed by atoms with Crippen LogP contribution in [0.2, 0.25) is 0 Å². The van der Waals surface area contributed by atoms with Crippen molar-refractivity contribution in [2.75, 3.05) is 6.61 Å². The number of benzene rings is 3. The van der Waals surface area contributed by atoms with E-state index in [-0.39, 0.29) is 29.3 Å². The first-order valence-electron chi connectivity index (χ1n) is 11.3. The van der Waals surface area contributed by atoms with E-state index in [9.17, 15) is 19.4 Å². The molecule has 1 aromatic heterocycles. The first-order chi connectivity index (χ1) is 16.5. The lowest BCUT2D eigenvalue weighted by molar-refractivity contribution is -0.0456. The Morgan fingerprint density at radius 2 is 1.77 bits per heavy atom. The van der Waals surface area contributed by atoms with Crippen LogP contribution >= 0.6 is 0 Å². The van der Waals surface area contributed by atoms with Gasteiger partial charge in [0.25, 0.3) is 0 Å². The Morgan fingerprint density at radius 1 is 1.03 bits per heavy atom. The van der Waals surface area contributed by atoms with Crippen LogP contribution in [0.15, 0.2) is 54.6 Å². The number of phenolic OH excluding ortho intramolecular Hbond substituents is 1. The van der Waals surface area contributed by atoms with E-state index in [1.165, 1.54) is 18.2 Å². The number of aryl methyl sites for hydroxylation is 1. The van der Waals surface area contributed by atoms with Gasteiger partial charge in [0.2, 0.25) is 0 Å². The van der Waals surface area contributed by atoms with Gasteiger partial charge in [0.05, 0.1) is 17.7 Å². The fourth-order valence-corrected chi connectivity index (χ4v) is 5.13. The number of nitrogens with zero attached hydrogens (tertiary/aromatic N) is 1. The van der Waals surface area contributed by atoms with Crippen LogP contribution in [0, 0.1) is 18.6 Å². The molecule has 5 nitrogen and oxygen atoms in total. The van der Waals surface area contributed by atoms with E-state index < -0.39 is 22.8 Å². The van der Waals surface area contributed by atoms with Gasteiger partial charge in [0.15, 0.2) is 0 Å². The molecule has 3 aromatic carbocycles. The number of phenols is 1. The molecular weight excluding hydrogens is 452 g/mol. The van der Waals surface area contributed by atoms with Crippen LogP contribution in [0.4, 0.5) is 8.78 Å². The van der Waals surface area contributed by atoms with Crippen LogP contribution in [-0.2, 0) is 15.8 Å². The molecule has 2 N–H and O–H groups in total. The average Bonchev–Trinajstić information content (AvgIpc) is 3.17. The summed E-state index contributed by atoms with van der Waals surface area (Å²) in [5.41, 5.74) is 1.07. The summed E-state index contributed by atoms with van der Waals surface area (Å²) < 4.78 is 38.3. The topological polar surface area (TPSA) is 71.7 Å². The first-order valence-corrected chi connectivity index (χ1v) is 11.3. The maximum Gasteiger partial charge on any atom is 0.335 e. The number of rotatable bonds is 3. The Morgan fingerprint density at radius 3 is 2.43 bits per heavy atom. The second-order valence-electron chi connectivity index (χ2n) is 9.87. The van der Waals surface area contributed by atoms with E-state index in [2.05, 4.69) is 0 Å². The third-order valence-electron chi connectivity index (χ3n) is 6.96. The van der Waals surface area contributed by atoms with Gasteiger partial charge < -0.3 is 19.5 Å². The number of carboxylic acids is 1. The van der Waals surface area contributed by atoms with Crippen LogP contribution in [0.5, 0.6) is 5.75 Å². The molecule has 0 saturated carbocycles. The van der Waals surface area contributed by atoms with Crippen molar-refractivity contribution in [1.29, 1.82) is 0 Å². The molecule has 2 heterocycles. The molecule has 1 aliphatic heterocycles. The Balaban J connectivity index is 1.91. The fourth-order valence-electron chi connectivity index (χ4n) is 5.13. The standard InChI is InChI=1S/C28H25F2NO4/c1-15-8-10-17(13-19(15)29)31-21-6-5-7-22(32)23(21)24-25(31)27(2,3)14-35-28(24,4)18-11-9-16(26(33)34)12-20(18)30/h5-13,32H,14H2,1-4H3,(H,33,34). The second kappa shape index (κ2) is 7.65. The van der Waals surface area contributed by atoms with Gasteiger partial charge in [-0.15, -0.1) is 0 Å². The van der Waals surface area contributed by atoms with Crippen molar-refractivity contribution in [3.8, 4) is 11.4 Å². The lowest BCUT2D eigenvalue weighted by atomic mass is 9.75. The van der Waals surface area contributed by atoms with E-state index in [4.69, 9.17) is 4.74 Å². The number of hydrogen-bond acceptors (Lipinski definition) is 3. The van der Waals surface area contributed by atoms with Crippen molar-refractivity contribution in [3.63, 3.8) is 0 Å². The van der Waals surface area contributed by atoms with Gasteiger partial charge in [-0.25, -0.2) is 13.6 Å². The summed E-state index contributed by atoms with van der Waals surface area (Å²) in [5.74, 6) is -2.33. The zero-order valence-corrected chi connectivity index (χ0v) is 19.8. The van der Waals surface area contributed by atoms with Crippen LogP contribution in [0.25, 0.3) is 16.6 Å². The fraction of sp³-hybridized carbons (Fsp3) is 0.250. The molecule has 1 unspecified atom stereocenters. The minimum Gasteiger partial charge on any atom is -0.507 e. The lowest BCUT2D eigenvalue weighted by Gasteiger charge is -2.43. The predicted molar refractivity (Wildman–Crippen MR) is 128 cm³/mol. The van der Waals surface area contributed by atoms with Crippen LogP contribution in [-0.4, -0.2) is 27.4 Å². The Hall–Kier alpha value is -3.71. The number of aromatic carboxylic acids is 1. The molecule has 4 aromatic rings. The molecule has 0 bridgehead atoms. The molecule has 35 heavy (non-hydrogen) atoms. The summed E-state index contributed by atoms with van der Waals surface area (Å²) in [5, 5.41) is 20.8. The van der Waals surface area contributed by atoms with E-state index >= 15 is 4.39 Å². The third-order valence-corrected chi connectivity index (χ3v) is 6.96. The normalized spacial score (nSPS) is 19.0. The highest BCUT2D eigenvalue weighted by Gasteiger charge is 2.48. The first kappa shape index (κ1) is 23.1. The van der Waals surface area contributed by atoms with Gasteiger partial charge in [-0.1, -0.05) is 32.0 Å². The number of hydrogen-bond donors (Lipinski definition) is 2. The van der Waals surface area contributed by atoms with Gasteiger partial charge in [-0.2, -0.15) is 0 Å². The zero-order chi connectivity index (χ0) is 25.3. The number of fused-ring (bicyclic) bond motifs is 3. The largest absolute Gasteiger partial charge is 0.507 e. The number of aromatic nitrogens is 1. The second-order valence-corrected chi connectivity index (χ2v) is 9.87. The van der Waals surface area contributed by atoms with E-state index in [1.54, 1.807) is 32.0 Å². The molecule has 0 saturated heterocycles. The summed E-state index contributed by atoms with van der Waals surface area (Å²) in [6.45, 7) is 7.57. The highest BCUT2D eigenvalue weighted by molar-refractivity contribution is 5.94. The van der Waals surface area contributed by atoms with Gasteiger partial charge in [-0.3, -0.25) is 0 Å². The van der Waals surface area contributed by atoms with Crippen LogP contribution in [0.1, 0.15) is 53.5 Å². The number of aromatic hydroxyl groups is 1. The van der Waals surface area contributed by atoms with E-state index in [0.29, 0.717) is 27.7 Å². The Kier molecular flexibility index (Phi) is 5.04. The minimum absolute atomic E-state index is 0.0137. The van der Waals surface area contributed by atoms with Crippen molar-refractivity contribution >= 4 is 16.9 Å². The van der Waals surface area contributed by atoms with Crippen molar-refractivity contribution in [1.82, 2.24) is 4.57 Å². The third kappa shape index (κ3) is 3.33. The number of ether oxygens (including phenoxy) is 1. The van der Waals surface area contributed by atoms with Crippen molar-refractivity contribution in [3.05, 3.63) is 94.2 Å². The quantitative estimate of drug-likeness (QED) is 0.369. The molecule has 180 valence electrons. The van der Waals surface area contributed by atoms with E-state index in [1.807, 2.05) is 30.5 Å². The van der Waals surface area contributed by atoms with Gasteiger partial charge >= 0.3 is 5.97 Å². The molecule has 5 rings (SSSR count). The van der Waals surface area contributed by atoms with Crippen LogP contribution in [0.3, 0.4) is 0 Å². The molecule has 0 amide bonds. The molecule has 0 aliphatic carbocycles. The number of halogens is 2. The predicted octanol–water partition coefficient (Wildman–Crippen LogP) is 6.19. The monoisotopic (exact) mass is 477 g/mol. The van der Waals surface area contributed by atoms with Crippen molar-refractivity contribution < 1.29 is 28.5 Å². The van der Waals surface area contributed by atoms with Gasteiger partial charge in [0.1, 0.15) is 23.0 Å². The maximum atomic E-state index is 15.4. The van der Waals surface area contributed by atoms with Crippen molar-refractivity contribution in [2.45, 2.75) is 38.7 Å². The SMILES string of the molecule is Cc1ccc(-n2c3c(c4c(O)cccc42)C(C)(c2ccc(C(=O)O)cc2F)OCC3(C)C)cc1F.